The first-order valence-corrected chi connectivity index (χ1v) is 9.31. The topological polar surface area (TPSA) is 84.0 Å². The van der Waals surface area contributed by atoms with E-state index in [1.165, 1.54) is 4.31 Å². The van der Waals surface area contributed by atoms with E-state index < -0.39 is 16.5 Å². The van der Waals surface area contributed by atoms with Crippen molar-refractivity contribution in [3.63, 3.8) is 0 Å². The number of anilines is 1. The third-order valence-electron chi connectivity index (χ3n) is 3.93. The van der Waals surface area contributed by atoms with Gasteiger partial charge in [0.15, 0.2) is 0 Å². The Morgan fingerprint density at radius 1 is 1.20 bits per heavy atom. The number of benzene rings is 1. The van der Waals surface area contributed by atoms with Crippen molar-refractivity contribution in [2.24, 2.45) is 0 Å². The van der Waals surface area contributed by atoms with Gasteiger partial charge in [-0.15, -0.1) is 0 Å². The molecule has 1 aliphatic rings. The number of nitrogens with zero attached hydrogens (tertiary/aromatic N) is 2. The van der Waals surface area contributed by atoms with Crippen LogP contribution >= 0.6 is 0 Å². The van der Waals surface area contributed by atoms with E-state index in [0.717, 1.165) is 0 Å². The Balaban J connectivity index is 2.05. The van der Waals surface area contributed by atoms with Crippen LogP contribution in [0, 0.1) is 0 Å². The number of hydrogen-bond donors (Lipinski definition) is 1. The fourth-order valence-corrected chi connectivity index (χ4v) is 3.58. The van der Waals surface area contributed by atoms with Crippen LogP contribution in [-0.4, -0.2) is 50.4 Å². The van der Waals surface area contributed by atoms with E-state index in [1.807, 2.05) is 20.8 Å². The molecule has 1 aromatic rings. The van der Waals surface area contributed by atoms with Crippen LogP contribution in [0.2, 0.25) is 0 Å². The molecule has 1 saturated heterocycles. The third-order valence-corrected chi connectivity index (χ3v) is 4.84. The molecular formula is C17H24N2O5S. The molecule has 0 N–H and O–H groups in total. The zero-order valence-corrected chi connectivity index (χ0v) is 15.6. The van der Waals surface area contributed by atoms with Gasteiger partial charge in [-0.05, 0) is 57.9 Å². The fraction of sp³-hybridized carbons (Fsp3) is 0.529. The Bertz CT molecular complexity index is 678. The highest BCUT2D eigenvalue weighted by atomic mass is 32.2. The maximum atomic E-state index is 12.1. The Kier molecular flexibility index (Phi) is 6.05. The van der Waals surface area contributed by atoms with Crippen LogP contribution in [0.15, 0.2) is 24.3 Å². The van der Waals surface area contributed by atoms with Gasteiger partial charge in [-0.2, -0.15) is 0 Å². The lowest BCUT2D eigenvalue weighted by molar-refractivity contribution is 0.0208. The van der Waals surface area contributed by atoms with E-state index >= 15 is 0 Å². The van der Waals surface area contributed by atoms with Gasteiger partial charge < -0.3 is 9.64 Å². The van der Waals surface area contributed by atoms with Gasteiger partial charge in [-0.3, -0.25) is 9.10 Å². The molecule has 1 heterocycles. The van der Waals surface area contributed by atoms with Crippen molar-refractivity contribution in [2.45, 2.75) is 45.3 Å². The number of thiol groups is 1. The minimum Gasteiger partial charge on any atom is -0.444 e. The van der Waals surface area contributed by atoms with Crippen molar-refractivity contribution in [1.82, 2.24) is 4.90 Å². The van der Waals surface area contributed by atoms with Crippen LogP contribution in [0.3, 0.4) is 0 Å². The first-order chi connectivity index (χ1) is 11.7. The molecule has 1 amide bonds. The van der Waals surface area contributed by atoms with Crippen molar-refractivity contribution in [3.05, 3.63) is 29.8 Å². The molecule has 0 aliphatic carbocycles. The number of ether oxygens (including phenoxy) is 1. The Morgan fingerprint density at radius 3 is 2.20 bits per heavy atom. The number of carbonyl (C=O) groups excluding carboxylic acids is 2. The van der Waals surface area contributed by atoms with Crippen LogP contribution < -0.4 is 4.31 Å². The van der Waals surface area contributed by atoms with Gasteiger partial charge in [0.2, 0.25) is 10.9 Å². The summed E-state index contributed by atoms with van der Waals surface area (Å²) in [6.07, 6.45) is 1.39. The van der Waals surface area contributed by atoms with E-state index in [0.29, 0.717) is 43.5 Å². The quantitative estimate of drug-likeness (QED) is 0.651. The van der Waals surface area contributed by atoms with Crippen molar-refractivity contribution in [2.75, 3.05) is 17.4 Å². The second kappa shape index (κ2) is 7.86. The lowest BCUT2D eigenvalue weighted by Gasteiger charge is -2.37. The molecule has 1 fully saturated rings. The molecule has 2 rings (SSSR count). The molecule has 0 saturated carbocycles. The lowest BCUT2D eigenvalue weighted by atomic mass is 10.0. The van der Waals surface area contributed by atoms with Gasteiger partial charge in [0.05, 0.1) is 5.69 Å². The number of aldehydes is 1. The summed E-state index contributed by atoms with van der Waals surface area (Å²) in [4.78, 5) is 24.4. The van der Waals surface area contributed by atoms with Crippen molar-refractivity contribution in [1.29, 1.82) is 0 Å². The molecule has 8 heteroatoms. The van der Waals surface area contributed by atoms with Gasteiger partial charge in [0.25, 0.3) is 0 Å². The van der Waals surface area contributed by atoms with E-state index in [4.69, 9.17) is 4.74 Å². The molecule has 0 bridgehead atoms. The third kappa shape index (κ3) is 5.19. The summed E-state index contributed by atoms with van der Waals surface area (Å²) in [6, 6.07) is 6.19. The summed E-state index contributed by atoms with van der Waals surface area (Å²) >= 11 is 0. The lowest BCUT2D eigenvalue weighted by Crippen LogP contribution is -2.47. The summed E-state index contributed by atoms with van der Waals surface area (Å²) in [7, 11) is -2.82. The molecule has 0 atom stereocenters. The Morgan fingerprint density at radius 2 is 1.76 bits per heavy atom. The standard InChI is InChI=1S/C17H24N2O5S/c1-17(2,3)24-16(21)18-10-8-15(9-11-18)19(25(22)23)14-6-4-13(12-20)5-7-14/h4-7,12,15,25H,8-11H2,1-3H3. The van der Waals surface area contributed by atoms with E-state index in [2.05, 4.69) is 0 Å². The number of carbonyl (C=O) groups is 2. The summed E-state index contributed by atoms with van der Waals surface area (Å²) in [5, 5.41) is 0. The maximum absolute atomic E-state index is 12.1. The van der Waals surface area contributed by atoms with Gasteiger partial charge >= 0.3 is 6.09 Å². The first-order valence-electron chi connectivity index (χ1n) is 8.18. The van der Waals surface area contributed by atoms with Gasteiger partial charge in [-0.25, -0.2) is 13.2 Å². The Labute approximate surface area is 149 Å². The molecule has 0 radical (unpaired) electrons. The first kappa shape index (κ1) is 19.2. The fourth-order valence-electron chi connectivity index (χ4n) is 2.76. The van der Waals surface area contributed by atoms with E-state index in [1.54, 1.807) is 29.2 Å². The highest BCUT2D eigenvalue weighted by Crippen LogP contribution is 2.25. The normalized spacial score (nSPS) is 15.9. The number of hydrogen-bond acceptors (Lipinski definition) is 5. The zero-order valence-electron chi connectivity index (χ0n) is 14.7. The minimum absolute atomic E-state index is 0.220. The molecule has 7 nitrogen and oxygen atoms in total. The highest BCUT2D eigenvalue weighted by molar-refractivity contribution is 7.74. The molecule has 0 spiro atoms. The number of likely N-dealkylation sites (tertiary alicyclic amines) is 1. The van der Waals surface area contributed by atoms with Crippen LogP contribution in [0.4, 0.5) is 10.5 Å². The maximum Gasteiger partial charge on any atom is 0.410 e. The van der Waals surface area contributed by atoms with Crippen molar-refractivity contribution >= 4 is 29.0 Å². The summed E-state index contributed by atoms with van der Waals surface area (Å²) in [5.74, 6) is 0. The molecule has 138 valence electrons. The van der Waals surface area contributed by atoms with Crippen LogP contribution in [-0.2, 0) is 15.6 Å². The SMILES string of the molecule is CC(C)(C)OC(=O)N1CCC(N(c2ccc(C=O)cc2)[SH](=O)=O)CC1. The molecule has 25 heavy (non-hydrogen) atoms. The van der Waals surface area contributed by atoms with Gasteiger partial charge in [0.1, 0.15) is 11.9 Å². The molecule has 0 aromatic heterocycles. The molecular weight excluding hydrogens is 344 g/mol. The molecule has 1 aliphatic heterocycles. The van der Waals surface area contributed by atoms with Crippen LogP contribution in [0.25, 0.3) is 0 Å². The largest absolute Gasteiger partial charge is 0.444 e. The van der Waals surface area contributed by atoms with Gasteiger partial charge in [0, 0.05) is 24.7 Å². The van der Waals surface area contributed by atoms with Crippen LogP contribution in [0.1, 0.15) is 44.0 Å². The second-order valence-corrected chi connectivity index (χ2v) is 7.90. The van der Waals surface area contributed by atoms with E-state index in [-0.39, 0.29) is 12.1 Å². The van der Waals surface area contributed by atoms with Gasteiger partial charge in [-0.1, -0.05) is 0 Å². The number of rotatable bonds is 4. The number of piperidine rings is 1. The Hall–Kier alpha value is -2.09. The smallest absolute Gasteiger partial charge is 0.410 e. The summed E-state index contributed by atoms with van der Waals surface area (Å²) < 4.78 is 30.2. The zero-order chi connectivity index (χ0) is 18.6. The second-order valence-electron chi connectivity index (χ2n) is 6.99. The van der Waals surface area contributed by atoms with Crippen molar-refractivity contribution < 1.29 is 22.7 Å². The van der Waals surface area contributed by atoms with Crippen LogP contribution in [0.5, 0.6) is 0 Å². The predicted octanol–water partition coefficient (Wildman–Crippen LogP) is 2.23. The average molecular weight is 368 g/mol. The minimum atomic E-state index is -2.82. The number of amides is 1. The van der Waals surface area contributed by atoms with E-state index in [9.17, 15) is 18.0 Å². The molecule has 0 unspecified atom stereocenters. The average Bonchev–Trinajstić information content (AvgIpc) is 2.54. The predicted molar refractivity (Wildman–Crippen MR) is 95.5 cm³/mol. The summed E-state index contributed by atoms with van der Waals surface area (Å²) in [6.45, 7) is 6.30. The summed E-state index contributed by atoms with van der Waals surface area (Å²) in [5.41, 5.74) is 0.459. The monoisotopic (exact) mass is 368 g/mol. The molecule has 1 aromatic carbocycles. The highest BCUT2D eigenvalue weighted by Gasteiger charge is 2.30. The van der Waals surface area contributed by atoms with Crippen molar-refractivity contribution in [3.8, 4) is 0 Å².